The normalized spacial score (nSPS) is 10.6. The van der Waals surface area contributed by atoms with Crippen LogP contribution < -0.4 is 19.5 Å². The van der Waals surface area contributed by atoms with Crippen molar-refractivity contribution in [3.8, 4) is 23.0 Å². The summed E-state index contributed by atoms with van der Waals surface area (Å²) in [5.41, 5.74) is 1.89. The smallest absolute Gasteiger partial charge is 0.490 e. The second kappa shape index (κ2) is 13.9. The number of amides is 1. The SMILES string of the molecule is COc1ccc(Cc2nnc(NC(=O)Cc3ccc(Oc4ccccc4)cc3)s2)cc1OC.O=C(O)C(F)(F)F. The number of methoxy groups -OCH3 is 2. The van der Waals surface area contributed by atoms with Crippen molar-refractivity contribution >= 4 is 28.3 Å². The van der Waals surface area contributed by atoms with Crippen LogP contribution in [0.5, 0.6) is 23.0 Å². The Morgan fingerprint density at radius 2 is 1.48 bits per heavy atom. The summed E-state index contributed by atoms with van der Waals surface area (Å²) >= 11 is 1.35. The summed E-state index contributed by atoms with van der Waals surface area (Å²) in [6.45, 7) is 0. The Morgan fingerprint density at radius 1 is 0.875 bits per heavy atom. The van der Waals surface area contributed by atoms with E-state index in [1.807, 2.05) is 72.8 Å². The van der Waals surface area contributed by atoms with Crippen molar-refractivity contribution in [3.05, 3.63) is 88.9 Å². The van der Waals surface area contributed by atoms with E-state index in [4.69, 9.17) is 24.1 Å². The standard InChI is InChI=1S/C25H23N3O4S.C2HF3O2/c1-30-21-13-10-18(14-22(21)31-2)16-24-27-28-25(33-24)26-23(29)15-17-8-11-20(12-9-17)32-19-6-4-3-5-7-19;3-2(4,5)1(6)7/h3-14H,15-16H2,1-2H3,(H,26,28,29);(H,6,7). The van der Waals surface area contributed by atoms with Crippen molar-refractivity contribution in [2.75, 3.05) is 19.5 Å². The number of nitrogens with one attached hydrogen (secondary N) is 1. The van der Waals surface area contributed by atoms with Crippen LogP contribution in [0.15, 0.2) is 72.8 Å². The summed E-state index contributed by atoms with van der Waals surface area (Å²) in [6, 6.07) is 22.7. The number of anilines is 1. The van der Waals surface area contributed by atoms with E-state index < -0.39 is 12.1 Å². The molecule has 0 atom stereocenters. The maximum absolute atomic E-state index is 12.4. The van der Waals surface area contributed by atoms with Gasteiger partial charge >= 0.3 is 12.1 Å². The first-order valence-corrected chi connectivity index (χ1v) is 12.3. The van der Waals surface area contributed by atoms with Crippen molar-refractivity contribution in [3.63, 3.8) is 0 Å². The minimum Gasteiger partial charge on any atom is -0.493 e. The predicted octanol–water partition coefficient (Wildman–Crippen LogP) is 5.75. The lowest BCUT2D eigenvalue weighted by molar-refractivity contribution is -0.192. The zero-order valence-corrected chi connectivity index (χ0v) is 22.1. The number of carboxylic acids is 1. The molecule has 0 saturated heterocycles. The summed E-state index contributed by atoms with van der Waals surface area (Å²) in [4.78, 5) is 21.3. The molecule has 0 aliphatic heterocycles. The third kappa shape index (κ3) is 9.27. The molecule has 0 bridgehead atoms. The minimum atomic E-state index is -5.08. The number of rotatable bonds is 9. The van der Waals surface area contributed by atoms with Gasteiger partial charge in [0.25, 0.3) is 0 Å². The summed E-state index contributed by atoms with van der Waals surface area (Å²) < 4.78 is 48.1. The maximum Gasteiger partial charge on any atom is 0.490 e. The Labute approximate surface area is 231 Å². The van der Waals surface area contributed by atoms with Gasteiger partial charge in [0.15, 0.2) is 11.5 Å². The number of nitrogens with zero attached hydrogens (tertiary/aromatic N) is 2. The molecule has 4 aromatic rings. The van der Waals surface area contributed by atoms with Gasteiger partial charge in [0, 0.05) is 6.42 Å². The highest BCUT2D eigenvalue weighted by molar-refractivity contribution is 7.15. The average Bonchev–Trinajstić information content (AvgIpc) is 3.36. The van der Waals surface area contributed by atoms with Gasteiger partial charge in [-0.25, -0.2) is 4.79 Å². The zero-order valence-electron chi connectivity index (χ0n) is 21.3. The molecule has 0 aliphatic rings. The number of ether oxygens (including phenoxy) is 3. The topological polar surface area (TPSA) is 120 Å². The molecule has 9 nitrogen and oxygen atoms in total. The molecule has 0 radical (unpaired) electrons. The van der Waals surface area contributed by atoms with E-state index in [1.165, 1.54) is 11.3 Å². The van der Waals surface area contributed by atoms with Crippen LogP contribution in [0.3, 0.4) is 0 Å². The number of halogens is 3. The van der Waals surface area contributed by atoms with Crippen LogP contribution in [0.1, 0.15) is 16.1 Å². The molecule has 2 N–H and O–H groups in total. The third-order valence-electron chi connectivity index (χ3n) is 5.03. The number of aliphatic carboxylic acids is 1. The van der Waals surface area contributed by atoms with Crippen molar-refractivity contribution in [2.45, 2.75) is 19.0 Å². The van der Waals surface area contributed by atoms with Gasteiger partial charge in [0.1, 0.15) is 16.5 Å². The fourth-order valence-electron chi connectivity index (χ4n) is 3.19. The van der Waals surface area contributed by atoms with Gasteiger partial charge in [-0.3, -0.25) is 4.79 Å². The van der Waals surface area contributed by atoms with Crippen LogP contribution in [0, 0.1) is 0 Å². The number of carboxylic acid groups (broad SMARTS) is 1. The van der Waals surface area contributed by atoms with Gasteiger partial charge in [-0.15, -0.1) is 10.2 Å². The molecule has 0 saturated carbocycles. The fourth-order valence-corrected chi connectivity index (χ4v) is 3.98. The first-order valence-electron chi connectivity index (χ1n) is 11.5. The summed E-state index contributed by atoms with van der Waals surface area (Å²) in [5, 5.41) is 19.5. The average molecular weight is 576 g/mol. The van der Waals surface area contributed by atoms with Crippen LogP contribution in [-0.4, -0.2) is 47.6 Å². The molecule has 1 heterocycles. The molecule has 210 valence electrons. The van der Waals surface area contributed by atoms with Crippen LogP contribution in [-0.2, 0) is 22.4 Å². The first-order chi connectivity index (χ1) is 19.1. The monoisotopic (exact) mass is 575 g/mol. The minimum absolute atomic E-state index is 0.152. The maximum atomic E-state index is 12.4. The number of benzene rings is 3. The Kier molecular flexibility index (Phi) is 10.4. The predicted molar refractivity (Wildman–Crippen MR) is 141 cm³/mol. The molecule has 1 aromatic heterocycles. The number of carbonyl (C=O) groups is 2. The largest absolute Gasteiger partial charge is 0.493 e. The number of para-hydroxylation sites is 1. The second-order valence-electron chi connectivity index (χ2n) is 7.95. The number of alkyl halides is 3. The van der Waals surface area contributed by atoms with Gasteiger partial charge in [0.05, 0.1) is 20.6 Å². The van der Waals surface area contributed by atoms with Gasteiger partial charge in [0.2, 0.25) is 11.0 Å². The lowest BCUT2D eigenvalue weighted by atomic mass is 10.1. The number of hydrogen-bond donors (Lipinski definition) is 2. The van der Waals surface area contributed by atoms with E-state index in [9.17, 15) is 18.0 Å². The Balaban J connectivity index is 0.000000559. The Bertz CT molecular complexity index is 1410. The van der Waals surface area contributed by atoms with Gasteiger partial charge in [-0.1, -0.05) is 47.7 Å². The second-order valence-corrected chi connectivity index (χ2v) is 9.02. The van der Waals surface area contributed by atoms with Crippen LogP contribution in [0.25, 0.3) is 0 Å². The van der Waals surface area contributed by atoms with E-state index in [0.29, 0.717) is 28.8 Å². The van der Waals surface area contributed by atoms with Gasteiger partial charge in [-0.2, -0.15) is 13.2 Å². The van der Waals surface area contributed by atoms with E-state index in [0.717, 1.165) is 21.9 Å². The van der Waals surface area contributed by atoms with E-state index >= 15 is 0 Å². The van der Waals surface area contributed by atoms with Crippen LogP contribution in [0.4, 0.5) is 18.3 Å². The Hall–Kier alpha value is -4.65. The zero-order chi connectivity index (χ0) is 29.1. The number of carbonyl (C=O) groups excluding carboxylic acids is 1. The van der Waals surface area contributed by atoms with Crippen molar-refractivity contribution in [2.24, 2.45) is 0 Å². The highest BCUT2D eigenvalue weighted by Crippen LogP contribution is 2.29. The number of aromatic nitrogens is 2. The third-order valence-corrected chi connectivity index (χ3v) is 5.86. The molecular formula is C27H24F3N3O6S. The summed E-state index contributed by atoms with van der Waals surface area (Å²) in [6.07, 6.45) is -4.27. The molecule has 0 spiro atoms. The van der Waals surface area contributed by atoms with Crippen LogP contribution >= 0.6 is 11.3 Å². The summed E-state index contributed by atoms with van der Waals surface area (Å²) in [7, 11) is 3.20. The molecule has 4 rings (SSSR count). The molecule has 0 unspecified atom stereocenters. The molecule has 3 aromatic carbocycles. The number of hydrogen-bond acceptors (Lipinski definition) is 8. The van der Waals surface area contributed by atoms with Crippen molar-refractivity contribution < 1.29 is 42.1 Å². The molecule has 0 fully saturated rings. The van der Waals surface area contributed by atoms with Gasteiger partial charge < -0.3 is 24.6 Å². The quantitative estimate of drug-likeness (QED) is 0.259. The molecule has 40 heavy (non-hydrogen) atoms. The van der Waals surface area contributed by atoms with E-state index in [-0.39, 0.29) is 12.3 Å². The lowest BCUT2D eigenvalue weighted by Crippen LogP contribution is -2.21. The van der Waals surface area contributed by atoms with Crippen LogP contribution in [0.2, 0.25) is 0 Å². The van der Waals surface area contributed by atoms with Crippen molar-refractivity contribution in [1.82, 2.24) is 10.2 Å². The molecule has 13 heteroatoms. The lowest BCUT2D eigenvalue weighted by Gasteiger charge is -2.08. The molecule has 1 amide bonds. The highest BCUT2D eigenvalue weighted by atomic mass is 32.1. The summed E-state index contributed by atoms with van der Waals surface area (Å²) in [5.74, 6) is -0.0927. The van der Waals surface area contributed by atoms with Crippen molar-refractivity contribution in [1.29, 1.82) is 0 Å². The Morgan fingerprint density at radius 3 is 2.08 bits per heavy atom. The molecular weight excluding hydrogens is 551 g/mol. The van der Waals surface area contributed by atoms with Gasteiger partial charge in [-0.05, 0) is 47.5 Å². The highest BCUT2D eigenvalue weighted by Gasteiger charge is 2.38. The fraction of sp³-hybridized carbons (Fsp3) is 0.185. The van der Waals surface area contributed by atoms with E-state index in [1.54, 1.807) is 14.2 Å². The molecule has 0 aliphatic carbocycles. The van der Waals surface area contributed by atoms with E-state index in [2.05, 4.69) is 15.5 Å². The first kappa shape index (κ1) is 29.9.